The van der Waals surface area contributed by atoms with Gasteiger partial charge in [-0.15, -0.1) is 0 Å². The number of anilines is 1. The molecule has 3 heteroatoms. The fourth-order valence-corrected chi connectivity index (χ4v) is 2.22. The number of hydrogen-bond donors (Lipinski definition) is 1. The van der Waals surface area contributed by atoms with Crippen molar-refractivity contribution in [2.75, 3.05) is 11.9 Å². The van der Waals surface area contributed by atoms with Crippen LogP contribution in [0, 0.1) is 5.92 Å². The van der Waals surface area contributed by atoms with E-state index in [-0.39, 0.29) is 0 Å². The van der Waals surface area contributed by atoms with Crippen molar-refractivity contribution >= 4 is 5.82 Å². The van der Waals surface area contributed by atoms with Gasteiger partial charge in [-0.25, -0.2) is 4.98 Å². The van der Waals surface area contributed by atoms with Gasteiger partial charge < -0.3 is 10.6 Å². The third kappa shape index (κ3) is 2.78. The smallest absolute Gasteiger partial charge is 0.129 e. The van der Waals surface area contributed by atoms with E-state index in [1.807, 2.05) is 0 Å². The van der Waals surface area contributed by atoms with Crippen molar-refractivity contribution in [3.05, 3.63) is 23.4 Å². The van der Waals surface area contributed by atoms with Gasteiger partial charge in [0.05, 0.1) is 0 Å². The summed E-state index contributed by atoms with van der Waals surface area (Å²) in [4.78, 5) is 7.00. The van der Waals surface area contributed by atoms with Gasteiger partial charge in [-0.2, -0.15) is 0 Å². The van der Waals surface area contributed by atoms with E-state index < -0.39 is 0 Å². The largest absolute Gasteiger partial charge is 0.357 e. The van der Waals surface area contributed by atoms with Gasteiger partial charge in [0.25, 0.3) is 0 Å². The Kier molecular flexibility index (Phi) is 3.67. The summed E-state index contributed by atoms with van der Waals surface area (Å²) < 4.78 is 0. The van der Waals surface area contributed by atoms with Crippen LogP contribution in [0.1, 0.15) is 37.9 Å². The summed E-state index contributed by atoms with van der Waals surface area (Å²) in [7, 11) is 2.14. The third-order valence-corrected chi connectivity index (χ3v) is 3.80. The van der Waals surface area contributed by atoms with E-state index in [0.29, 0.717) is 12.6 Å². The van der Waals surface area contributed by atoms with Gasteiger partial charge in [0.2, 0.25) is 0 Å². The Morgan fingerprint density at radius 1 is 1.47 bits per heavy atom. The lowest BCUT2D eigenvalue weighted by atomic mass is 10.1. The summed E-state index contributed by atoms with van der Waals surface area (Å²) in [6.45, 7) is 5.02. The zero-order valence-corrected chi connectivity index (χ0v) is 11.1. The molecule has 3 nitrogen and oxygen atoms in total. The van der Waals surface area contributed by atoms with Crippen molar-refractivity contribution in [2.24, 2.45) is 11.7 Å². The predicted octanol–water partition coefficient (Wildman–Crippen LogP) is 2.34. The van der Waals surface area contributed by atoms with Gasteiger partial charge in [-0.1, -0.05) is 6.92 Å². The van der Waals surface area contributed by atoms with Crippen LogP contribution >= 0.6 is 0 Å². The molecule has 1 aromatic heterocycles. The van der Waals surface area contributed by atoms with Crippen molar-refractivity contribution in [2.45, 2.75) is 45.7 Å². The SMILES string of the molecule is CCc1cc(CN)cc(N(C)C(C)C2CC2)n1. The fraction of sp³-hybridized carbons (Fsp3) is 0.643. The molecule has 17 heavy (non-hydrogen) atoms. The van der Waals surface area contributed by atoms with E-state index in [0.717, 1.165) is 23.9 Å². The summed E-state index contributed by atoms with van der Waals surface area (Å²) >= 11 is 0. The van der Waals surface area contributed by atoms with Crippen LogP contribution in [0.3, 0.4) is 0 Å². The Bertz CT molecular complexity index is 363. The minimum atomic E-state index is 0.584. The van der Waals surface area contributed by atoms with Crippen LogP contribution in [-0.2, 0) is 13.0 Å². The van der Waals surface area contributed by atoms with Crippen molar-refractivity contribution < 1.29 is 0 Å². The second-order valence-electron chi connectivity index (χ2n) is 5.07. The molecule has 1 unspecified atom stereocenters. The molecule has 0 bridgehead atoms. The lowest BCUT2D eigenvalue weighted by Crippen LogP contribution is -2.31. The molecule has 0 aromatic carbocycles. The predicted molar refractivity (Wildman–Crippen MR) is 72.1 cm³/mol. The highest BCUT2D eigenvalue weighted by atomic mass is 15.2. The summed E-state index contributed by atoms with van der Waals surface area (Å²) in [5.74, 6) is 1.93. The average Bonchev–Trinajstić information content (AvgIpc) is 3.20. The highest BCUT2D eigenvalue weighted by molar-refractivity contribution is 5.43. The second-order valence-corrected chi connectivity index (χ2v) is 5.07. The third-order valence-electron chi connectivity index (χ3n) is 3.80. The van der Waals surface area contributed by atoms with Crippen molar-refractivity contribution in [1.82, 2.24) is 4.98 Å². The summed E-state index contributed by atoms with van der Waals surface area (Å²) in [5, 5.41) is 0. The van der Waals surface area contributed by atoms with E-state index in [1.165, 1.54) is 18.4 Å². The van der Waals surface area contributed by atoms with Gasteiger partial charge in [0.1, 0.15) is 5.82 Å². The standard InChI is InChI=1S/C14H23N3/c1-4-13-7-11(9-15)8-14(16-13)17(3)10(2)12-5-6-12/h7-8,10,12H,4-6,9,15H2,1-3H3. The van der Waals surface area contributed by atoms with Crippen molar-refractivity contribution in [3.63, 3.8) is 0 Å². The topological polar surface area (TPSA) is 42.1 Å². The zero-order chi connectivity index (χ0) is 12.4. The van der Waals surface area contributed by atoms with E-state index >= 15 is 0 Å². The first kappa shape index (κ1) is 12.4. The number of nitrogens with two attached hydrogens (primary N) is 1. The minimum absolute atomic E-state index is 0.584. The molecule has 1 aromatic rings. The van der Waals surface area contributed by atoms with Crippen LogP contribution in [-0.4, -0.2) is 18.1 Å². The molecule has 94 valence electrons. The van der Waals surface area contributed by atoms with Gasteiger partial charge >= 0.3 is 0 Å². The van der Waals surface area contributed by atoms with Crippen LogP contribution in [0.4, 0.5) is 5.82 Å². The van der Waals surface area contributed by atoms with Gasteiger partial charge in [0.15, 0.2) is 0 Å². The maximum Gasteiger partial charge on any atom is 0.129 e. The average molecular weight is 233 g/mol. The van der Waals surface area contributed by atoms with Gasteiger partial charge in [0, 0.05) is 25.3 Å². The zero-order valence-electron chi connectivity index (χ0n) is 11.1. The molecule has 0 spiro atoms. The summed E-state index contributed by atoms with van der Waals surface area (Å²) in [6.07, 6.45) is 3.69. The normalized spacial score (nSPS) is 16.9. The van der Waals surface area contributed by atoms with Crippen LogP contribution < -0.4 is 10.6 Å². The summed E-state index contributed by atoms with van der Waals surface area (Å²) in [6, 6.07) is 4.82. The molecule has 1 atom stereocenters. The molecule has 1 fully saturated rings. The lowest BCUT2D eigenvalue weighted by molar-refractivity contribution is 0.602. The Morgan fingerprint density at radius 2 is 2.18 bits per heavy atom. The molecule has 2 rings (SSSR count). The van der Waals surface area contributed by atoms with Gasteiger partial charge in [-0.3, -0.25) is 0 Å². The molecule has 0 amide bonds. The number of nitrogens with zero attached hydrogens (tertiary/aromatic N) is 2. The maximum absolute atomic E-state index is 5.74. The lowest BCUT2D eigenvalue weighted by Gasteiger charge is -2.26. The van der Waals surface area contributed by atoms with Crippen molar-refractivity contribution in [3.8, 4) is 0 Å². The molecular formula is C14H23N3. The molecule has 0 radical (unpaired) electrons. The first-order chi connectivity index (χ1) is 8.15. The highest BCUT2D eigenvalue weighted by Crippen LogP contribution is 2.36. The molecule has 0 aliphatic heterocycles. The maximum atomic E-state index is 5.74. The number of aryl methyl sites for hydroxylation is 1. The Balaban J connectivity index is 2.23. The molecule has 0 saturated heterocycles. The van der Waals surface area contributed by atoms with E-state index in [9.17, 15) is 0 Å². The molecule has 1 heterocycles. The Labute approximate surface area is 104 Å². The first-order valence-corrected chi connectivity index (χ1v) is 6.58. The van der Waals surface area contributed by atoms with Crippen molar-refractivity contribution in [1.29, 1.82) is 0 Å². The van der Waals surface area contributed by atoms with Crippen LogP contribution in [0.15, 0.2) is 12.1 Å². The Morgan fingerprint density at radius 3 is 2.71 bits per heavy atom. The van der Waals surface area contributed by atoms with Crippen LogP contribution in [0.2, 0.25) is 0 Å². The van der Waals surface area contributed by atoms with Crippen LogP contribution in [0.5, 0.6) is 0 Å². The number of rotatable bonds is 5. The molecule has 1 saturated carbocycles. The van der Waals surface area contributed by atoms with Gasteiger partial charge in [-0.05, 0) is 49.8 Å². The highest BCUT2D eigenvalue weighted by Gasteiger charge is 2.31. The number of pyridine rings is 1. The summed E-state index contributed by atoms with van der Waals surface area (Å²) in [5.41, 5.74) is 8.06. The molecule has 2 N–H and O–H groups in total. The van der Waals surface area contributed by atoms with E-state index in [2.05, 4.69) is 37.9 Å². The Hall–Kier alpha value is -1.09. The monoisotopic (exact) mass is 233 g/mol. The first-order valence-electron chi connectivity index (χ1n) is 6.58. The molecule has 1 aliphatic carbocycles. The van der Waals surface area contributed by atoms with E-state index in [4.69, 9.17) is 10.7 Å². The molecule has 1 aliphatic rings. The quantitative estimate of drug-likeness (QED) is 0.848. The fourth-order valence-electron chi connectivity index (χ4n) is 2.22. The second kappa shape index (κ2) is 5.05. The van der Waals surface area contributed by atoms with E-state index in [1.54, 1.807) is 0 Å². The number of hydrogen-bond acceptors (Lipinski definition) is 3. The number of aromatic nitrogens is 1. The molecular weight excluding hydrogens is 210 g/mol. The minimum Gasteiger partial charge on any atom is -0.357 e. The van der Waals surface area contributed by atoms with Crippen LogP contribution in [0.25, 0.3) is 0 Å².